The predicted molar refractivity (Wildman–Crippen MR) is 180 cm³/mol. The second kappa shape index (κ2) is 29.6. The average Bonchev–Trinajstić information content (AvgIpc) is 3.05. The number of nitrogens with one attached hydrogen (secondary N) is 3. The van der Waals surface area contributed by atoms with Gasteiger partial charge in [0.1, 0.15) is 18.1 Å². The summed E-state index contributed by atoms with van der Waals surface area (Å²) in [6, 6.07) is -2.45. The van der Waals surface area contributed by atoms with Crippen molar-refractivity contribution in [1.29, 1.82) is 0 Å². The van der Waals surface area contributed by atoms with Gasteiger partial charge in [-0.3, -0.25) is 28.8 Å². The molecule has 0 amide bonds. The van der Waals surface area contributed by atoms with E-state index in [1.165, 1.54) is 0 Å². The molecule has 0 heterocycles. The van der Waals surface area contributed by atoms with Crippen molar-refractivity contribution in [3.8, 4) is 0 Å². The highest BCUT2D eigenvalue weighted by Crippen LogP contribution is 2.20. The molecule has 0 aromatic heterocycles. The molecule has 3 N–H and O–H groups in total. The van der Waals surface area contributed by atoms with Crippen molar-refractivity contribution in [3.63, 3.8) is 0 Å². The summed E-state index contributed by atoms with van der Waals surface area (Å²) in [5, 5.41) is 9.39. The maximum absolute atomic E-state index is 12.4. The topological polar surface area (TPSA) is 194 Å². The molecule has 0 rings (SSSR count). The molecule has 0 spiro atoms. The summed E-state index contributed by atoms with van der Waals surface area (Å²) in [6.07, 6.45) is 4.08. The number of carbonyl (C=O) groups excluding carboxylic acids is 6. The molecular weight excluding hydrogens is 642 g/mol. The quantitative estimate of drug-likeness (QED) is 0.0560. The molecule has 0 saturated carbocycles. The van der Waals surface area contributed by atoms with Crippen LogP contribution < -0.4 is 16.0 Å². The van der Waals surface area contributed by atoms with Gasteiger partial charge in [-0.25, -0.2) is 0 Å². The maximum Gasteiger partial charge on any atom is 0.323 e. The summed E-state index contributed by atoms with van der Waals surface area (Å²) in [5.41, 5.74) is 0. The molecule has 0 aromatic rings. The summed E-state index contributed by atoms with van der Waals surface area (Å²) in [5.74, 6) is -2.77. The van der Waals surface area contributed by atoms with Crippen molar-refractivity contribution in [1.82, 2.24) is 16.0 Å². The van der Waals surface area contributed by atoms with Crippen LogP contribution in [-0.4, -0.2) is 113 Å². The van der Waals surface area contributed by atoms with E-state index in [0.29, 0.717) is 38.9 Å². The fourth-order valence-electron chi connectivity index (χ4n) is 5.04. The standard InChI is InChI=1S/C34H61N3O12/c1-7-44-29(38)22-26(32(41)47-10-4)35-19-13-16-25(17-14-20-36-27(33(42)48-11-5)23-30(39)45-8-2)18-15-21-37-28(34(43)49-12-6)24-31(40)46-9-3/h25-28,35-37H,7-24H2,1-6H3. The molecule has 15 nitrogen and oxygen atoms in total. The van der Waals surface area contributed by atoms with Gasteiger partial charge >= 0.3 is 35.8 Å². The van der Waals surface area contributed by atoms with E-state index in [0.717, 1.165) is 19.3 Å². The van der Waals surface area contributed by atoms with Gasteiger partial charge in [-0.15, -0.1) is 0 Å². The normalized spacial score (nSPS) is 13.3. The van der Waals surface area contributed by atoms with Crippen LogP contribution in [0.5, 0.6) is 0 Å². The summed E-state index contributed by atoms with van der Waals surface area (Å²) >= 11 is 0. The molecule has 49 heavy (non-hydrogen) atoms. The Hall–Kier alpha value is -3.30. The van der Waals surface area contributed by atoms with Gasteiger partial charge in [0.2, 0.25) is 0 Å². The minimum atomic E-state index is -0.815. The third-order valence-corrected chi connectivity index (χ3v) is 7.28. The van der Waals surface area contributed by atoms with E-state index in [-0.39, 0.29) is 64.8 Å². The van der Waals surface area contributed by atoms with Crippen LogP contribution in [0.15, 0.2) is 0 Å². The van der Waals surface area contributed by atoms with Crippen LogP contribution >= 0.6 is 0 Å². The Morgan fingerprint density at radius 3 is 0.878 bits per heavy atom. The molecule has 0 saturated heterocycles. The highest BCUT2D eigenvalue weighted by Gasteiger charge is 2.26. The van der Waals surface area contributed by atoms with Gasteiger partial charge in [0.15, 0.2) is 0 Å². The van der Waals surface area contributed by atoms with E-state index in [1.54, 1.807) is 41.5 Å². The zero-order valence-corrected chi connectivity index (χ0v) is 30.4. The molecule has 0 aliphatic carbocycles. The Kier molecular flexibility index (Phi) is 27.6. The molecule has 3 atom stereocenters. The van der Waals surface area contributed by atoms with Crippen LogP contribution in [0.2, 0.25) is 0 Å². The zero-order valence-electron chi connectivity index (χ0n) is 30.4. The minimum absolute atomic E-state index is 0.131. The molecule has 284 valence electrons. The highest BCUT2D eigenvalue weighted by atomic mass is 16.6. The SMILES string of the molecule is CCOC(=O)CC(NCCCC(CCCNC(CC(=O)OCC)C(=O)OCC)CCCNC(CC(=O)OCC)C(=O)OCC)C(=O)OCC. The summed E-state index contributed by atoms with van der Waals surface area (Å²) in [7, 11) is 0. The van der Waals surface area contributed by atoms with Gasteiger partial charge in [-0.1, -0.05) is 0 Å². The Bertz CT molecular complexity index is 846. The van der Waals surface area contributed by atoms with Crippen LogP contribution in [0.1, 0.15) is 99.3 Å². The monoisotopic (exact) mass is 703 g/mol. The van der Waals surface area contributed by atoms with E-state index < -0.39 is 53.9 Å². The minimum Gasteiger partial charge on any atom is -0.466 e. The first-order chi connectivity index (χ1) is 23.6. The third-order valence-electron chi connectivity index (χ3n) is 7.28. The number of hydrogen-bond acceptors (Lipinski definition) is 15. The van der Waals surface area contributed by atoms with Gasteiger partial charge in [0, 0.05) is 0 Å². The summed E-state index contributed by atoms with van der Waals surface area (Å²) < 4.78 is 30.4. The van der Waals surface area contributed by atoms with E-state index in [9.17, 15) is 28.8 Å². The number of hydrogen-bond donors (Lipinski definition) is 3. The number of rotatable bonds is 30. The number of carbonyl (C=O) groups is 6. The fraction of sp³-hybridized carbons (Fsp3) is 0.824. The molecule has 0 aliphatic rings. The van der Waals surface area contributed by atoms with Crippen molar-refractivity contribution in [2.75, 3.05) is 59.3 Å². The predicted octanol–water partition coefficient (Wildman–Crippen LogP) is 2.37. The van der Waals surface area contributed by atoms with Gasteiger partial charge in [-0.2, -0.15) is 0 Å². The molecule has 0 fully saturated rings. The molecule has 0 aromatic carbocycles. The smallest absolute Gasteiger partial charge is 0.323 e. The van der Waals surface area contributed by atoms with Gasteiger partial charge in [0.25, 0.3) is 0 Å². The molecule has 3 unspecified atom stereocenters. The van der Waals surface area contributed by atoms with E-state index >= 15 is 0 Å². The largest absolute Gasteiger partial charge is 0.466 e. The van der Waals surface area contributed by atoms with Gasteiger partial charge < -0.3 is 44.4 Å². The Balaban J connectivity index is 5.37. The molecule has 15 heteroatoms. The Labute approximate surface area is 291 Å². The van der Waals surface area contributed by atoms with E-state index in [4.69, 9.17) is 28.4 Å². The molecule has 0 bridgehead atoms. The lowest BCUT2D eigenvalue weighted by Gasteiger charge is -2.21. The summed E-state index contributed by atoms with van der Waals surface area (Å²) in [4.78, 5) is 73.4. The van der Waals surface area contributed by atoms with Crippen LogP contribution in [0.4, 0.5) is 0 Å². The third kappa shape index (κ3) is 22.9. The van der Waals surface area contributed by atoms with Crippen molar-refractivity contribution in [3.05, 3.63) is 0 Å². The van der Waals surface area contributed by atoms with Crippen LogP contribution in [0.25, 0.3) is 0 Å². The van der Waals surface area contributed by atoms with Crippen molar-refractivity contribution < 1.29 is 57.2 Å². The maximum atomic E-state index is 12.4. The fourth-order valence-corrected chi connectivity index (χ4v) is 5.04. The van der Waals surface area contributed by atoms with Crippen LogP contribution in [0.3, 0.4) is 0 Å². The van der Waals surface area contributed by atoms with Crippen LogP contribution in [0, 0.1) is 5.92 Å². The first kappa shape index (κ1) is 45.7. The van der Waals surface area contributed by atoms with Crippen molar-refractivity contribution in [2.45, 2.75) is 117 Å². The van der Waals surface area contributed by atoms with Gasteiger partial charge in [0.05, 0.1) is 58.9 Å². The second-order valence-electron chi connectivity index (χ2n) is 11.1. The van der Waals surface area contributed by atoms with Crippen LogP contribution in [-0.2, 0) is 57.2 Å². The van der Waals surface area contributed by atoms with E-state index in [2.05, 4.69) is 16.0 Å². The molecule has 0 aliphatic heterocycles. The Morgan fingerprint density at radius 1 is 0.408 bits per heavy atom. The average molecular weight is 704 g/mol. The number of ether oxygens (including phenoxy) is 6. The number of esters is 6. The highest BCUT2D eigenvalue weighted by molar-refractivity contribution is 5.84. The lowest BCUT2D eigenvalue weighted by atomic mass is 9.92. The Morgan fingerprint density at radius 2 is 0.653 bits per heavy atom. The van der Waals surface area contributed by atoms with Gasteiger partial charge in [-0.05, 0) is 106 Å². The van der Waals surface area contributed by atoms with Crippen molar-refractivity contribution in [2.24, 2.45) is 5.92 Å². The lowest BCUT2D eigenvalue weighted by Crippen LogP contribution is -2.41. The zero-order chi connectivity index (χ0) is 36.9. The van der Waals surface area contributed by atoms with E-state index in [1.807, 2.05) is 0 Å². The lowest BCUT2D eigenvalue weighted by molar-refractivity contribution is -0.152. The molecular formula is C34H61N3O12. The molecule has 0 radical (unpaired) electrons. The summed E-state index contributed by atoms with van der Waals surface area (Å²) in [6.45, 7) is 12.8. The first-order valence-corrected chi connectivity index (χ1v) is 17.7. The first-order valence-electron chi connectivity index (χ1n) is 17.7. The van der Waals surface area contributed by atoms with Crippen molar-refractivity contribution >= 4 is 35.8 Å². The second-order valence-corrected chi connectivity index (χ2v) is 11.1.